The Morgan fingerprint density at radius 3 is 2.29 bits per heavy atom. The van der Waals surface area contributed by atoms with E-state index in [1.807, 2.05) is 12.1 Å². The van der Waals surface area contributed by atoms with Gasteiger partial charge in [0, 0.05) is 5.88 Å². The lowest BCUT2D eigenvalue weighted by atomic mass is 10.2. The van der Waals surface area contributed by atoms with Crippen LogP contribution in [-0.2, 0) is 5.88 Å². The Morgan fingerprint density at radius 2 is 1.86 bits per heavy atom. The van der Waals surface area contributed by atoms with Crippen LogP contribution in [0.5, 0.6) is 5.75 Å². The van der Waals surface area contributed by atoms with Gasteiger partial charge in [-0.1, -0.05) is 6.92 Å². The van der Waals surface area contributed by atoms with Crippen molar-refractivity contribution in [1.82, 2.24) is 0 Å². The molecule has 78 valence electrons. The second kappa shape index (κ2) is 5.99. The van der Waals surface area contributed by atoms with E-state index in [1.54, 1.807) is 0 Å². The van der Waals surface area contributed by atoms with Crippen molar-refractivity contribution in [3.63, 3.8) is 0 Å². The fraction of sp³-hybridized carbons (Fsp3) is 0.400. The van der Waals surface area contributed by atoms with Crippen LogP contribution < -0.4 is 4.74 Å². The third-order valence-electron chi connectivity index (χ3n) is 1.66. The fourth-order valence-electron chi connectivity index (χ4n) is 1.03. The lowest BCUT2D eigenvalue weighted by molar-refractivity contribution is 0.313. The van der Waals surface area contributed by atoms with Crippen LogP contribution in [0.1, 0.15) is 18.9 Å². The van der Waals surface area contributed by atoms with Gasteiger partial charge in [0.1, 0.15) is 5.75 Å². The second-order valence-corrected chi connectivity index (χ2v) is 4.85. The van der Waals surface area contributed by atoms with Crippen LogP contribution in [0.15, 0.2) is 21.1 Å². The van der Waals surface area contributed by atoms with Crippen molar-refractivity contribution < 1.29 is 4.74 Å². The molecule has 0 fully saturated rings. The summed E-state index contributed by atoms with van der Waals surface area (Å²) in [4.78, 5) is 0. The molecule has 0 spiro atoms. The molecule has 0 radical (unpaired) electrons. The summed E-state index contributed by atoms with van der Waals surface area (Å²) in [6.07, 6.45) is 0.996. The Hall–Kier alpha value is 0.270. The Labute approximate surface area is 106 Å². The summed E-state index contributed by atoms with van der Waals surface area (Å²) >= 11 is 12.7. The highest BCUT2D eigenvalue weighted by molar-refractivity contribution is 9.11. The topological polar surface area (TPSA) is 9.23 Å². The molecule has 0 amide bonds. The maximum Gasteiger partial charge on any atom is 0.147 e. The SMILES string of the molecule is CCCOc1c(Br)cc(CCl)cc1Br. The van der Waals surface area contributed by atoms with Crippen molar-refractivity contribution in [1.29, 1.82) is 0 Å². The van der Waals surface area contributed by atoms with Gasteiger partial charge in [-0.2, -0.15) is 0 Å². The molecule has 0 aromatic heterocycles. The first-order chi connectivity index (χ1) is 6.69. The average Bonchev–Trinajstić information content (AvgIpc) is 2.16. The van der Waals surface area contributed by atoms with E-state index in [0.29, 0.717) is 5.88 Å². The van der Waals surface area contributed by atoms with E-state index in [-0.39, 0.29) is 0 Å². The van der Waals surface area contributed by atoms with Crippen LogP contribution in [0.4, 0.5) is 0 Å². The summed E-state index contributed by atoms with van der Waals surface area (Å²) in [5, 5.41) is 0. The number of hydrogen-bond donors (Lipinski definition) is 0. The molecule has 1 rings (SSSR count). The van der Waals surface area contributed by atoms with Gasteiger partial charge in [0.15, 0.2) is 0 Å². The molecule has 0 saturated heterocycles. The van der Waals surface area contributed by atoms with Crippen LogP contribution in [0.2, 0.25) is 0 Å². The molecule has 4 heteroatoms. The lowest BCUT2D eigenvalue weighted by Crippen LogP contribution is -1.97. The molecule has 1 aromatic rings. The van der Waals surface area contributed by atoms with Gasteiger partial charge in [0.2, 0.25) is 0 Å². The standard InChI is InChI=1S/C10H11Br2ClO/c1-2-3-14-10-8(11)4-7(6-13)5-9(10)12/h4-5H,2-3,6H2,1H3. The Kier molecular flexibility index (Phi) is 5.28. The molecule has 0 aliphatic rings. The zero-order chi connectivity index (χ0) is 10.6. The van der Waals surface area contributed by atoms with Gasteiger partial charge in [0.05, 0.1) is 15.6 Å². The minimum atomic E-state index is 0.505. The molecule has 0 atom stereocenters. The number of hydrogen-bond acceptors (Lipinski definition) is 1. The van der Waals surface area contributed by atoms with E-state index in [1.165, 1.54) is 0 Å². The molecule has 0 unspecified atom stereocenters. The van der Waals surface area contributed by atoms with Crippen LogP contribution >= 0.6 is 43.5 Å². The summed E-state index contributed by atoms with van der Waals surface area (Å²) in [5.41, 5.74) is 1.06. The summed E-state index contributed by atoms with van der Waals surface area (Å²) in [6.45, 7) is 2.80. The van der Waals surface area contributed by atoms with Crippen molar-refractivity contribution in [3.8, 4) is 5.75 Å². The molecule has 1 aromatic carbocycles. The van der Waals surface area contributed by atoms with Crippen molar-refractivity contribution in [2.24, 2.45) is 0 Å². The van der Waals surface area contributed by atoms with E-state index < -0.39 is 0 Å². The number of benzene rings is 1. The molecule has 14 heavy (non-hydrogen) atoms. The molecule has 0 heterocycles. The Bertz CT molecular complexity index is 292. The molecule has 0 aliphatic heterocycles. The average molecular weight is 342 g/mol. The highest BCUT2D eigenvalue weighted by Gasteiger charge is 2.07. The van der Waals surface area contributed by atoms with E-state index in [9.17, 15) is 0 Å². The predicted octanol–water partition coefficient (Wildman–Crippen LogP) is 4.74. The normalized spacial score (nSPS) is 10.3. The first-order valence-electron chi connectivity index (χ1n) is 4.35. The molecular weight excluding hydrogens is 331 g/mol. The molecule has 0 aliphatic carbocycles. The summed E-state index contributed by atoms with van der Waals surface area (Å²) in [7, 11) is 0. The highest BCUT2D eigenvalue weighted by atomic mass is 79.9. The Balaban J connectivity index is 2.93. The molecule has 0 saturated carbocycles. The maximum atomic E-state index is 5.75. The molecule has 0 N–H and O–H groups in total. The van der Waals surface area contributed by atoms with Gasteiger partial charge < -0.3 is 4.74 Å². The van der Waals surface area contributed by atoms with Gasteiger partial charge in [-0.05, 0) is 56.0 Å². The van der Waals surface area contributed by atoms with Gasteiger partial charge in [0.25, 0.3) is 0 Å². The zero-order valence-electron chi connectivity index (χ0n) is 7.82. The number of halogens is 3. The fourth-order valence-corrected chi connectivity index (χ4v) is 2.70. The van der Waals surface area contributed by atoms with Crippen LogP contribution in [0, 0.1) is 0 Å². The second-order valence-electron chi connectivity index (χ2n) is 2.87. The van der Waals surface area contributed by atoms with E-state index in [2.05, 4.69) is 38.8 Å². The zero-order valence-corrected chi connectivity index (χ0v) is 11.7. The highest BCUT2D eigenvalue weighted by Crippen LogP contribution is 2.35. The van der Waals surface area contributed by atoms with E-state index in [0.717, 1.165) is 33.3 Å². The number of alkyl halides is 1. The minimum absolute atomic E-state index is 0.505. The monoisotopic (exact) mass is 340 g/mol. The van der Waals surface area contributed by atoms with Crippen molar-refractivity contribution in [2.75, 3.05) is 6.61 Å². The molecule has 1 nitrogen and oxygen atoms in total. The number of ether oxygens (including phenoxy) is 1. The Morgan fingerprint density at radius 1 is 1.29 bits per heavy atom. The van der Waals surface area contributed by atoms with Crippen LogP contribution in [0.25, 0.3) is 0 Å². The van der Waals surface area contributed by atoms with Crippen molar-refractivity contribution >= 4 is 43.5 Å². The van der Waals surface area contributed by atoms with Gasteiger partial charge in [-0.3, -0.25) is 0 Å². The summed E-state index contributed by atoms with van der Waals surface area (Å²) in [6, 6.07) is 3.95. The largest absolute Gasteiger partial charge is 0.491 e. The quantitative estimate of drug-likeness (QED) is 0.718. The maximum absolute atomic E-state index is 5.75. The summed E-state index contributed by atoms with van der Waals surface area (Å²) in [5.74, 6) is 1.35. The van der Waals surface area contributed by atoms with E-state index in [4.69, 9.17) is 16.3 Å². The third kappa shape index (κ3) is 3.14. The number of rotatable bonds is 4. The van der Waals surface area contributed by atoms with Crippen molar-refractivity contribution in [2.45, 2.75) is 19.2 Å². The van der Waals surface area contributed by atoms with Crippen LogP contribution in [0.3, 0.4) is 0 Å². The molecule has 0 bridgehead atoms. The van der Waals surface area contributed by atoms with E-state index >= 15 is 0 Å². The molecular formula is C10H11Br2ClO. The van der Waals surface area contributed by atoms with Gasteiger partial charge in [-0.15, -0.1) is 11.6 Å². The predicted molar refractivity (Wildman–Crippen MR) is 67.2 cm³/mol. The first-order valence-corrected chi connectivity index (χ1v) is 6.47. The lowest BCUT2D eigenvalue weighted by Gasteiger charge is -2.10. The van der Waals surface area contributed by atoms with Gasteiger partial charge in [-0.25, -0.2) is 0 Å². The van der Waals surface area contributed by atoms with Crippen molar-refractivity contribution in [3.05, 3.63) is 26.6 Å². The smallest absolute Gasteiger partial charge is 0.147 e. The van der Waals surface area contributed by atoms with Gasteiger partial charge >= 0.3 is 0 Å². The third-order valence-corrected chi connectivity index (χ3v) is 3.15. The van der Waals surface area contributed by atoms with Crippen LogP contribution in [-0.4, -0.2) is 6.61 Å². The minimum Gasteiger partial charge on any atom is -0.491 e. The first kappa shape index (κ1) is 12.3. The summed E-state index contributed by atoms with van der Waals surface area (Å²) < 4.78 is 7.46.